The van der Waals surface area contributed by atoms with Crippen molar-refractivity contribution >= 4 is 27.5 Å². The molecule has 7 nitrogen and oxygen atoms in total. The lowest BCUT2D eigenvalue weighted by Crippen LogP contribution is -2.51. The lowest BCUT2D eigenvalue weighted by atomic mass is 9.74. The van der Waals surface area contributed by atoms with Gasteiger partial charge in [0.1, 0.15) is 28.7 Å². The molecule has 3 aromatic carbocycles. The lowest BCUT2D eigenvalue weighted by Gasteiger charge is -2.44. The first-order valence-corrected chi connectivity index (χ1v) is 16.1. The van der Waals surface area contributed by atoms with Crippen LogP contribution in [0.15, 0.2) is 30.3 Å². The van der Waals surface area contributed by atoms with Crippen molar-refractivity contribution in [3.8, 4) is 35.2 Å². The molecule has 3 saturated heterocycles. The number of fused-ring (bicyclic) bond motifs is 4. The predicted molar refractivity (Wildman–Crippen MR) is 174 cm³/mol. The smallest absolute Gasteiger partial charge is 0.319 e. The van der Waals surface area contributed by atoms with E-state index in [1.807, 2.05) is 0 Å². The van der Waals surface area contributed by atoms with Gasteiger partial charge < -0.3 is 25.0 Å². The normalized spacial score (nSPS) is 24.9. The average Bonchev–Trinajstić information content (AvgIpc) is 3.38. The number of aromatic hydroxyl groups is 1. The van der Waals surface area contributed by atoms with Gasteiger partial charge in [0.15, 0.2) is 5.82 Å². The van der Waals surface area contributed by atoms with Gasteiger partial charge in [-0.25, -0.2) is 13.2 Å². The van der Waals surface area contributed by atoms with Crippen LogP contribution in [0.25, 0.3) is 32.8 Å². The van der Waals surface area contributed by atoms with Crippen LogP contribution in [-0.2, 0) is 0 Å². The molecule has 0 aliphatic carbocycles. The lowest BCUT2D eigenvalue weighted by molar-refractivity contribution is 0.0107. The van der Waals surface area contributed by atoms with E-state index in [1.165, 1.54) is 30.3 Å². The molecule has 3 aliphatic rings. The zero-order valence-electron chi connectivity index (χ0n) is 26.3. The van der Waals surface area contributed by atoms with Crippen molar-refractivity contribution in [2.24, 2.45) is 11.3 Å². The van der Waals surface area contributed by atoms with Crippen LogP contribution < -0.4 is 15.0 Å². The van der Waals surface area contributed by atoms with Gasteiger partial charge in [0.2, 0.25) is 0 Å². The summed E-state index contributed by atoms with van der Waals surface area (Å²) in [5, 5.41) is 14.8. The number of phenolic OH excluding ortho intramolecular Hbond substituents is 1. The van der Waals surface area contributed by atoms with Gasteiger partial charge in [-0.1, -0.05) is 32.8 Å². The number of benzene rings is 3. The Balaban J connectivity index is 1.40. The maximum Gasteiger partial charge on any atom is 0.319 e. The number of terminal acetylenes is 1. The van der Waals surface area contributed by atoms with Gasteiger partial charge in [0, 0.05) is 53.5 Å². The maximum absolute atomic E-state index is 16.9. The minimum atomic E-state index is -0.963. The molecule has 3 aliphatic heterocycles. The summed E-state index contributed by atoms with van der Waals surface area (Å²) < 4.78 is 54.3. The van der Waals surface area contributed by atoms with E-state index in [0.717, 1.165) is 38.9 Å². The fourth-order valence-electron chi connectivity index (χ4n) is 7.60. The Morgan fingerprint density at radius 1 is 1.09 bits per heavy atom. The summed E-state index contributed by atoms with van der Waals surface area (Å²) in [7, 11) is 0. The Labute approximate surface area is 266 Å². The van der Waals surface area contributed by atoms with Gasteiger partial charge in [-0.05, 0) is 67.9 Å². The molecule has 4 atom stereocenters. The molecule has 3 fully saturated rings. The van der Waals surface area contributed by atoms with Crippen LogP contribution in [0.3, 0.4) is 0 Å². The van der Waals surface area contributed by atoms with E-state index in [0.29, 0.717) is 36.8 Å². The largest absolute Gasteiger partial charge is 0.508 e. The molecule has 2 bridgehead atoms. The summed E-state index contributed by atoms with van der Waals surface area (Å²) in [4.78, 5) is 13.8. The summed E-state index contributed by atoms with van der Waals surface area (Å²) in [6.45, 7) is 11.0. The molecular weight excluding hydrogens is 591 g/mol. The van der Waals surface area contributed by atoms with Crippen molar-refractivity contribution in [3.05, 3.63) is 53.3 Å². The second-order valence-corrected chi connectivity index (χ2v) is 13.5. The number of hydrogen-bond acceptors (Lipinski definition) is 7. The quantitative estimate of drug-likeness (QED) is 0.245. The number of piperidine rings is 1. The first-order valence-electron chi connectivity index (χ1n) is 16.1. The van der Waals surface area contributed by atoms with Crippen LogP contribution in [-0.4, -0.2) is 71.4 Å². The van der Waals surface area contributed by atoms with E-state index < -0.39 is 23.0 Å². The summed E-state index contributed by atoms with van der Waals surface area (Å²) in [5.41, 5.74) is -0.965. The number of piperazine rings is 1. The van der Waals surface area contributed by atoms with Crippen molar-refractivity contribution in [1.82, 2.24) is 20.2 Å². The number of anilines is 1. The second-order valence-electron chi connectivity index (χ2n) is 13.5. The number of likely N-dealkylation sites (tertiary alicyclic amines) is 1. The van der Waals surface area contributed by atoms with Crippen LogP contribution in [0.2, 0.25) is 0 Å². The number of nitrogens with one attached hydrogen (secondary N) is 1. The number of aromatic nitrogens is 2. The van der Waals surface area contributed by atoms with Crippen LogP contribution in [0.1, 0.15) is 45.6 Å². The molecule has 0 radical (unpaired) electrons. The molecule has 4 aromatic rings. The highest BCUT2D eigenvalue weighted by Crippen LogP contribution is 2.42. The first kappa shape index (κ1) is 30.6. The maximum atomic E-state index is 16.9. The van der Waals surface area contributed by atoms with Gasteiger partial charge in [-0.2, -0.15) is 9.97 Å². The first-order chi connectivity index (χ1) is 22.1. The van der Waals surface area contributed by atoms with Gasteiger partial charge in [0.05, 0.1) is 17.7 Å². The number of ether oxygens (including phenoxy) is 1. The number of phenols is 1. The Morgan fingerprint density at radius 3 is 2.57 bits per heavy atom. The Morgan fingerprint density at radius 2 is 1.85 bits per heavy atom. The number of nitrogens with zero attached hydrogens (tertiary/aromatic N) is 4. The predicted octanol–water partition coefficient (Wildman–Crippen LogP) is 6.24. The second kappa shape index (κ2) is 11.6. The molecule has 7 rings (SSSR count). The molecule has 1 aromatic heterocycles. The number of rotatable bonds is 6. The van der Waals surface area contributed by atoms with E-state index in [4.69, 9.17) is 16.1 Å². The van der Waals surface area contributed by atoms with Gasteiger partial charge in [-0.3, -0.25) is 0 Å². The molecule has 0 amide bonds. The zero-order chi connectivity index (χ0) is 32.3. The highest BCUT2D eigenvalue weighted by molar-refractivity contribution is 6.04. The van der Waals surface area contributed by atoms with E-state index >= 15 is 8.78 Å². The standard InChI is InChI=1S/C36H38F3N5O2/c1-5-25-28(37)10-7-21-13-24(45)14-26(30(21)25)31-29(38)15-27-33(32(31)39)41-35(42-34(27)44-16-22-8-9-23(17-44)40-22)46-19-36(4)18-43(6-2)12-11-20(36)3/h1,7,10,13-15,20,22-23,40,45H,6,8-9,11-12,16-19H2,2-4H3/t20?,22-,23+,36?. The van der Waals surface area contributed by atoms with E-state index in [2.05, 4.69) is 46.8 Å². The third-order valence-corrected chi connectivity index (χ3v) is 10.5. The van der Waals surface area contributed by atoms with E-state index in [9.17, 15) is 9.50 Å². The average molecular weight is 630 g/mol. The van der Waals surface area contributed by atoms with Crippen molar-refractivity contribution < 1.29 is 23.0 Å². The summed E-state index contributed by atoms with van der Waals surface area (Å²) in [6.07, 6.45) is 8.73. The number of hydrogen-bond donors (Lipinski definition) is 2. The topological polar surface area (TPSA) is 73.8 Å². The fourth-order valence-corrected chi connectivity index (χ4v) is 7.60. The fraction of sp³-hybridized carbons (Fsp3) is 0.444. The Bertz CT molecular complexity index is 1880. The summed E-state index contributed by atoms with van der Waals surface area (Å²) in [6, 6.07) is 6.92. The number of halogens is 3. The summed E-state index contributed by atoms with van der Waals surface area (Å²) in [5.74, 6) is 0.315. The Hall–Kier alpha value is -4.07. The molecule has 2 unspecified atom stereocenters. The van der Waals surface area contributed by atoms with Crippen molar-refractivity contribution in [3.63, 3.8) is 0 Å². The van der Waals surface area contributed by atoms with Crippen molar-refractivity contribution in [2.75, 3.05) is 44.2 Å². The molecule has 2 N–H and O–H groups in total. The minimum absolute atomic E-state index is 0.0167. The molecule has 10 heteroatoms. The third-order valence-electron chi connectivity index (χ3n) is 10.5. The van der Waals surface area contributed by atoms with Gasteiger partial charge in [0.25, 0.3) is 0 Å². The highest BCUT2D eigenvalue weighted by Gasteiger charge is 2.38. The SMILES string of the molecule is C#Cc1c(F)ccc2cc(O)cc(-c3c(F)cc4c(N5C[C@H]6CC[C@@H](C5)N6)nc(OCC5(C)CN(CC)CCC5C)nc4c3F)c12. The molecule has 4 heterocycles. The van der Waals surface area contributed by atoms with Crippen molar-refractivity contribution in [2.45, 2.75) is 52.1 Å². The highest BCUT2D eigenvalue weighted by atomic mass is 19.1. The van der Waals surface area contributed by atoms with Crippen LogP contribution >= 0.6 is 0 Å². The van der Waals surface area contributed by atoms with E-state index in [-0.39, 0.29) is 56.7 Å². The molecule has 0 spiro atoms. The van der Waals surface area contributed by atoms with Crippen LogP contribution in [0, 0.1) is 41.1 Å². The molecule has 46 heavy (non-hydrogen) atoms. The summed E-state index contributed by atoms with van der Waals surface area (Å²) >= 11 is 0. The monoisotopic (exact) mass is 629 g/mol. The Kier molecular flexibility index (Phi) is 7.73. The zero-order valence-corrected chi connectivity index (χ0v) is 26.3. The molecule has 240 valence electrons. The van der Waals surface area contributed by atoms with Crippen LogP contribution in [0.4, 0.5) is 19.0 Å². The van der Waals surface area contributed by atoms with Gasteiger partial charge >= 0.3 is 6.01 Å². The van der Waals surface area contributed by atoms with Gasteiger partial charge in [-0.15, -0.1) is 6.42 Å². The van der Waals surface area contributed by atoms with Crippen LogP contribution in [0.5, 0.6) is 11.8 Å². The molecule has 0 saturated carbocycles. The third kappa shape index (κ3) is 5.19. The van der Waals surface area contributed by atoms with Crippen molar-refractivity contribution in [1.29, 1.82) is 0 Å². The minimum Gasteiger partial charge on any atom is -0.508 e. The molecular formula is C36H38F3N5O2. The van der Waals surface area contributed by atoms with E-state index in [1.54, 1.807) is 0 Å².